The minimum Gasteiger partial charge on any atom is -0.364 e. The van der Waals surface area contributed by atoms with Crippen molar-refractivity contribution < 1.29 is 4.79 Å². The summed E-state index contributed by atoms with van der Waals surface area (Å²) in [6, 6.07) is 5.43. The monoisotopic (exact) mass is 281 g/mol. The molecule has 3 N–H and O–H groups in total. The Labute approximate surface area is 122 Å². The molecule has 106 valence electrons. The van der Waals surface area contributed by atoms with Gasteiger partial charge in [0.05, 0.1) is 17.6 Å². The van der Waals surface area contributed by atoms with Gasteiger partial charge in [0, 0.05) is 12.7 Å². The lowest BCUT2D eigenvalue weighted by atomic mass is 10.1. The number of aromatic nitrogens is 3. The predicted molar refractivity (Wildman–Crippen MR) is 79.2 cm³/mol. The van der Waals surface area contributed by atoms with Gasteiger partial charge in [0.25, 0.3) is 5.91 Å². The molecule has 0 spiro atoms. The van der Waals surface area contributed by atoms with E-state index in [4.69, 9.17) is 5.73 Å². The van der Waals surface area contributed by atoms with Gasteiger partial charge in [0.1, 0.15) is 5.69 Å². The molecule has 0 fully saturated rings. The molecule has 0 atom stereocenters. The molecule has 0 unspecified atom stereocenters. The maximum atomic E-state index is 11.5. The smallest absolute Gasteiger partial charge is 0.269 e. The molecule has 2 aromatic rings. The predicted octanol–water partition coefficient (Wildman–Crippen LogP) is 1.01. The third kappa shape index (κ3) is 2.80. The summed E-state index contributed by atoms with van der Waals surface area (Å²) in [5, 5.41) is 3.25. The van der Waals surface area contributed by atoms with Gasteiger partial charge >= 0.3 is 0 Å². The first kappa shape index (κ1) is 13.4. The summed E-state index contributed by atoms with van der Waals surface area (Å²) in [4.78, 5) is 24.5. The summed E-state index contributed by atoms with van der Waals surface area (Å²) in [6.45, 7) is 1.72. The van der Waals surface area contributed by atoms with Crippen molar-refractivity contribution in [3.63, 3.8) is 0 Å². The van der Waals surface area contributed by atoms with Crippen molar-refractivity contribution in [2.75, 3.05) is 13.1 Å². The Hall–Kier alpha value is -2.60. The van der Waals surface area contributed by atoms with Crippen LogP contribution in [0.2, 0.25) is 0 Å². The van der Waals surface area contributed by atoms with Crippen molar-refractivity contribution in [2.45, 2.75) is 6.42 Å². The van der Waals surface area contributed by atoms with Gasteiger partial charge in [-0.3, -0.25) is 9.78 Å². The van der Waals surface area contributed by atoms with Crippen molar-refractivity contribution in [2.24, 2.45) is 5.73 Å². The molecule has 0 saturated carbocycles. The summed E-state index contributed by atoms with van der Waals surface area (Å²) < 4.78 is 0. The minimum absolute atomic E-state index is 0.145. The molecule has 2 aromatic heterocycles. The quantitative estimate of drug-likeness (QED) is 0.875. The Kier molecular flexibility index (Phi) is 3.70. The lowest BCUT2D eigenvalue weighted by Gasteiger charge is -2.14. The van der Waals surface area contributed by atoms with Crippen LogP contribution in [0.5, 0.6) is 0 Å². The third-order valence-corrected chi connectivity index (χ3v) is 3.31. The normalized spacial score (nSPS) is 14.6. The van der Waals surface area contributed by atoms with Crippen LogP contribution in [-0.2, 0) is 0 Å². The highest BCUT2D eigenvalue weighted by Gasteiger charge is 2.17. The molecule has 6 heteroatoms. The SMILES string of the molecule is NC(=O)c1ncc(C2=CCNCC2)nc1-c1ccccn1. The van der Waals surface area contributed by atoms with Crippen molar-refractivity contribution >= 4 is 11.5 Å². The number of hydrogen-bond acceptors (Lipinski definition) is 5. The average Bonchev–Trinajstić information content (AvgIpc) is 2.56. The van der Waals surface area contributed by atoms with E-state index in [2.05, 4.69) is 26.3 Å². The van der Waals surface area contributed by atoms with Crippen LogP contribution in [-0.4, -0.2) is 33.9 Å². The van der Waals surface area contributed by atoms with E-state index in [1.165, 1.54) is 0 Å². The first-order valence-electron chi connectivity index (χ1n) is 6.74. The van der Waals surface area contributed by atoms with Crippen LogP contribution < -0.4 is 11.1 Å². The van der Waals surface area contributed by atoms with Gasteiger partial charge in [-0.15, -0.1) is 0 Å². The number of nitrogens with zero attached hydrogens (tertiary/aromatic N) is 3. The zero-order valence-corrected chi connectivity index (χ0v) is 11.4. The van der Waals surface area contributed by atoms with Crippen LogP contribution in [0, 0.1) is 0 Å². The Morgan fingerprint density at radius 2 is 2.14 bits per heavy atom. The highest BCUT2D eigenvalue weighted by Crippen LogP contribution is 2.22. The van der Waals surface area contributed by atoms with E-state index < -0.39 is 5.91 Å². The molecule has 3 heterocycles. The maximum Gasteiger partial charge on any atom is 0.269 e. The molecule has 0 aliphatic carbocycles. The molecule has 3 rings (SSSR count). The van der Waals surface area contributed by atoms with E-state index in [1.54, 1.807) is 24.5 Å². The largest absolute Gasteiger partial charge is 0.364 e. The first-order chi connectivity index (χ1) is 10.3. The molecule has 1 amide bonds. The topological polar surface area (TPSA) is 93.8 Å². The summed E-state index contributed by atoms with van der Waals surface area (Å²) in [5.41, 5.74) is 8.44. The van der Waals surface area contributed by atoms with Crippen LogP contribution in [0.1, 0.15) is 22.6 Å². The number of primary amides is 1. The van der Waals surface area contributed by atoms with Crippen molar-refractivity contribution in [1.82, 2.24) is 20.3 Å². The number of amides is 1. The molecule has 0 bridgehead atoms. The van der Waals surface area contributed by atoms with Crippen LogP contribution in [0.15, 0.2) is 36.7 Å². The van der Waals surface area contributed by atoms with Crippen LogP contribution in [0.3, 0.4) is 0 Å². The number of hydrogen-bond donors (Lipinski definition) is 2. The standard InChI is InChI=1S/C15H15N5O/c16-15(21)14-13(11-3-1-2-6-18-11)20-12(9-19-14)10-4-7-17-8-5-10/h1-4,6,9,17H,5,7-8H2,(H2,16,21). The van der Waals surface area contributed by atoms with E-state index in [9.17, 15) is 4.79 Å². The Morgan fingerprint density at radius 3 is 2.81 bits per heavy atom. The van der Waals surface area contributed by atoms with Gasteiger partial charge in [0.2, 0.25) is 0 Å². The van der Waals surface area contributed by atoms with E-state index in [1.807, 2.05) is 6.07 Å². The lowest BCUT2D eigenvalue weighted by Crippen LogP contribution is -2.21. The number of rotatable bonds is 3. The van der Waals surface area contributed by atoms with Gasteiger partial charge in [-0.05, 0) is 30.7 Å². The molecule has 0 radical (unpaired) electrons. The van der Waals surface area contributed by atoms with Crippen LogP contribution >= 0.6 is 0 Å². The molecule has 1 aliphatic heterocycles. The zero-order valence-electron chi connectivity index (χ0n) is 11.4. The zero-order chi connectivity index (χ0) is 14.7. The average molecular weight is 281 g/mol. The second-order valence-electron chi connectivity index (χ2n) is 4.72. The van der Waals surface area contributed by atoms with Gasteiger partial charge in [-0.2, -0.15) is 0 Å². The van der Waals surface area contributed by atoms with Gasteiger partial charge < -0.3 is 11.1 Å². The Morgan fingerprint density at radius 1 is 1.24 bits per heavy atom. The van der Waals surface area contributed by atoms with Gasteiger partial charge in [0.15, 0.2) is 5.69 Å². The van der Waals surface area contributed by atoms with E-state index in [0.717, 1.165) is 30.8 Å². The molecule has 0 aromatic carbocycles. The summed E-state index contributed by atoms with van der Waals surface area (Å²) in [6.07, 6.45) is 6.22. The van der Waals surface area contributed by atoms with Crippen molar-refractivity contribution in [3.8, 4) is 11.4 Å². The molecule has 6 nitrogen and oxygen atoms in total. The molecular weight excluding hydrogens is 266 g/mol. The Bertz CT molecular complexity index is 696. The van der Waals surface area contributed by atoms with Crippen molar-refractivity contribution in [3.05, 3.63) is 48.1 Å². The second kappa shape index (κ2) is 5.80. The number of carbonyl (C=O) groups excluding carboxylic acids is 1. The highest BCUT2D eigenvalue weighted by atomic mass is 16.1. The number of pyridine rings is 1. The van der Waals surface area contributed by atoms with E-state index in [0.29, 0.717) is 11.4 Å². The fraction of sp³-hybridized carbons (Fsp3) is 0.200. The fourth-order valence-corrected chi connectivity index (χ4v) is 2.26. The fourth-order valence-electron chi connectivity index (χ4n) is 2.26. The second-order valence-corrected chi connectivity index (χ2v) is 4.72. The Balaban J connectivity index is 2.11. The summed E-state index contributed by atoms with van der Waals surface area (Å²) in [7, 11) is 0. The molecule has 0 saturated heterocycles. The van der Waals surface area contributed by atoms with E-state index >= 15 is 0 Å². The van der Waals surface area contributed by atoms with Gasteiger partial charge in [-0.1, -0.05) is 12.1 Å². The van der Waals surface area contributed by atoms with Gasteiger partial charge in [-0.25, -0.2) is 9.97 Å². The summed E-state index contributed by atoms with van der Waals surface area (Å²) >= 11 is 0. The number of nitrogens with two attached hydrogens (primary N) is 1. The highest BCUT2D eigenvalue weighted by molar-refractivity contribution is 5.96. The van der Waals surface area contributed by atoms with E-state index in [-0.39, 0.29) is 5.69 Å². The molecular formula is C15H15N5O. The number of nitrogens with one attached hydrogen (secondary N) is 1. The van der Waals surface area contributed by atoms with Crippen LogP contribution in [0.25, 0.3) is 17.0 Å². The van der Waals surface area contributed by atoms with Crippen LogP contribution in [0.4, 0.5) is 0 Å². The van der Waals surface area contributed by atoms with Crippen molar-refractivity contribution in [1.29, 1.82) is 0 Å². The molecule has 1 aliphatic rings. The third-order valence-electron chi connectivity index (χ3n) is 3.31. The maximum absolute atomic E-state index is 11.5. The minimum atomic E-state index is -0.603. The number of carbonyl (C=O) groups is 1. The first-order valence-corrected chi connectivity index (χ1v) is 6.74. The summed E-state index contributed by atoms with van der Waals surface area (Å²) in [5.74, 6) is -0.603. The lowest BCUT2D eigenvalue weighted by molar-refractivity contribution is 0.0996. The molecule has 21 heavy (non-hydrogen) atoms.